The Morgan fingerprint density at radius 1 is 1.26 bits per heavy atom. The van der Waals surface area contributed by atoms with Crippen LogP contribution in [0.3, 0.4) is 0 Å². The minimum absolute atomic E-state index is 0.00778. The number of hydrogen-bond acceptors (Lipinski definition) is 4. The second-order valence-electron chi connectivity index (χ2n) is 5.20. The predicted octanol–water partition coefficient (Wildman–Crippen LogP) is 0.414. The number of carbonyl (C=O) groups excluding carboxylic acids is 2. The summed E-state index contributed by atoms with van der Waals surface area (Å²) in [4.78, 5) is 26.3. The van der Waals surface area contributed by atoms with Gasteiger partial charge in [0.1, 0.15) is 6.04 Å². The van der Waals surface area contributed by atoms with Gasteiger partial charge in [0.05, 0.1) is 5.88 Å². The lowest BCUT2D eigenvalue weighted by atomic mass is 10.1. The first-order valence-electron chi connectivity index (χ1n) is 7.04. The monoisotopic (exact) mass is 285 g/mol. The first-order valence-corrected chi connectivity index (χ1v) is 8.20. The molecule has 0 aromatic carbocycles. The number of rotatable bonds is 5. The summed E-state index contributed by atoms with van der Waals surface area (Å²) in [6.07, 6.45) is 4.29. The smallest absolute Gasteiger partial charge is 0.243 e. The van der Waals surface area contributed by atoms with Crippen LogP contribution < -0.4 is 10.6 Å². The molecule has 2 N–H and O–H groups in total. The Labute approximate surface area is 118 Å². The lowest BCUT2D eigenvalue weighted by Crippen LogP contribution is -2.49. The maximum absolute atomic E-state index is 12.4. The fourth-order valence-corrected chi connectivity index (χ4v) is 3.88. The molecule has 19 heavy (non-hydrogen) atoms. The Morgan fingerprint density at radius 2 is 2.00 bits per heavy atom. The van der Waals surface area contributed by atoms with Crippen LogP contribution in [-0.2, 0) is 9.59 Å². The van der Waals surface area contributed by atoms with E-state index in [1.165, 1.54) is 0 Å². The summed E-state index contributed by atoms with van der Waals surface area (Å²) in [6.45, 7) is 1.37. The van der Waals surface area contributed by atoms with Gasteiger partial charge in [-0.05, 0) is 19.9 Å². The lowest BCUT2D eigenvalue weighted by molar-refractivity contribution is -0.141. The highest BCUT2D eigenvalue weighted by molar-refractivity contribution is 7.99. The van der Waals surface area contributed by atoms with Gasteiger partial charge in [0.2, 0.25) is 11.8 Å². The molecule has 0 aromatic heterocycles. The van der Waals surface area contributed by atoms with Crippen LogP contribution in [-0.4, -0.2) is 54.5 Å². The molecule has 1 aliphatic heterocycles. The summed E-state index contributed by atoms with van der Waals surface area (Å²) in [6, 6.07) is -0.269. The summed E-state index contributed by atoms with van der Waals surface area (Å²) in [5, 5.41) is 5.88. The number of likely N-dealkylation sites (N-methyl/N-ethyl adjacent to an activating group) is 1. The average Bonchev–Trinajstić information content (AvgIpc) is 3.09. The summed E-state index contributed by atoms with van der Waals surface area (Å²) in [5.41, 5.74) is 0. The fourth-order valence-electron chi connectivity index (χ4n) is 2.71. The van der Waals surface area contributed by atoms with Crippen molar-refractivity contribution in [2.45, 2.75) is 31.7 Å². The van der Waals surface area contributed by atoms with Crippen molar-refractivity contribution in [1.29, 1.82) is 0 Å². The van der Waals surface area contributed by atoms with Crippen LogP contribution in [0.4, 0.5) is 0 Å². The van der Waals surface area contributed by atoms with Crippen LogP contribution in [0.2, 0.25) is 0 Å². The van der Waals surface area contributed by atoms with E-state index in [0.29, 0.717) is 12.4 Å². The van der Waals surface area contributed by atoms with Crippen molar-refractivity contribution >= 4 is 23.6 Å². The molecule has 2 aliphatic rings. The zero-order valence-electron chi connectivity index (χ0n) is 11.5. The molecule has 0 spiro atoms. The largest absolute Gasteiger partial charge is 0.353 e. The van der Waals surface area contributed by atoms with E-state index < -0.39 is 0 Å². The summed E-state index contributed by atoms with van der Waals surface area (Å²) >= 11 is 1.67. The van der Waals surface area contributed by atoms with Gasteiger partial charge in [-0.15, -0.1) is 11.8 Å². The van der Waals surface area contributed by atoms with Gasteiger partial charge in [-0.25, -0.2) is 0 Å². The molecule has 5 nitrogen and oxygen atoms in total. The number of nitrogens with zero attached hydrogens (tertiary/aromatic N) is 1. The molecule has 0 bridgehead atoms. The molecule has 1 unspecified atom stereocenters. The summed E-state index contributed by atoms with van der Waals surface area (Å²) in [5.74, 6) is 1.73. The molecule has 6 heteroatoms. The van der Waals surface area contributed by atoms with E-state index >= 15 is 0 Å². The molecule has 0 radical (unpaired) electrons. The zero-order valence-corrected chi connectivity index (χ0v) is 12.3. The quantitative estimate of drug-likeness (QED) is 0.719. The van der Waals surface area contributed by atoms with Crippen molar-refractivity contribution in [2.24, 2.45) is 5.92 Å². The lowest BCUT2D eigenvalue weighted by Gasteiger charge is -2.25. The second kappa shape index (κ2) is 7.14. The summed E-state index contributed by atoms with van der Waals surface area (Å²) in [7, 11) is 1.85. The van der Waals surface area contributed by atoms with E-state index in [2.05, 4.69) is 10.6 Å². The van der Waals surface area contributed by atoms with Crippen molar-refractivity contribution in [3.05, 3.63) is 0 Å². The average molecular weight is 285 g/mol. The van der Waals surface area contributed by atoms with Gasteiger partial charge in [-0.3, -0.25) is 9.59 Å². The highest BCUT2D eigenvalue weighted by Crippen LogP contribution is 2.30. The van der Waals surface area contributed by atoms with Gasteiger partial charge in [0.25, 0.3) is 0 Å². The second-order valence-corrected chi connectivity index (χ2v) is 6.20. The molecule has 2 fully saturated rings. The maximum atomic E-state index is 12.4. The number of amides is 2. The van der Waals surface area contributed by atoms with E-state index in [1.807, 2.05) is 7.05 Å². The van der Waals surface area contributed by atoms with E-state index in [-0.39, 0.29) is 23.8 Å². The fraction of sp³-hybridized carbons (Fsp3) is 0.846. The van der Waals surface area contributed by atoms with Crippen molar-refractivity contribution in [3.8, 4) is 0 Å². The topological polar surface area (TPSA) is 61.4 Å². The van der Waals surface area contributed by atoms with Crippen LogP contribution >= 0.6 is 11.8 Å². The third kappa shape index (κ3) is 3.63. The first-order chi connectivity index (χ1) is 9.24. The molecule has 2 amide bonds. The maximum Gasteiger partial charge on any atom is 0.243 e. The van der Waals surface area contributed by atoms with Gasteiger partial charge >= 0.3 is 0 Å². The molecular formula is C13H23N3O2S. The molecule has 1 aliphatic carbocycles. The Morgan fingerprint density at radius 3 is 2.68 bits per heavy atom. The van der Waals surface area contributed by atoms with Gasteiger partial charge < -0.3 is 15.5 Å². The first kappa shape index (κ1) is 14.7. The van der Waals surface area contributed by atoms with Crippen LogP contribution in [0, 0.1) is 5.92 Å². The Balaban J connectivity index is 1.88. The molecule has 1 saturated carbocycles. The van der Waals surface area contributed by atoms with E-state index in [1.54, 1.807) is 16.7 Å². The SMILES string of the molecule is CNCCNC(=O)C1CSCN1C(=O)C1CCCC1. The third-order valence-corrected chi connectivity index (χ3v) is 4.86. The van der Waals surface area contributed by atoms with Crippen molar-refractivity contribution in [2.75, 3.05) is 31.8 Å². The minimum Gasteiger partial charge on any atom is -0.353 e. The van der Waals surface area contributed by atoms with Gasteiger partial charge in [0, 0.05) is 24.8 Å². The predicted molar refractivity (Wildman–Crippen MR) is 76.9 cm³/mol. The third-order valence-electron chi connectivity index (χ3n) is 3.85. The van der Waals surface area contributed by atoms with E-state index in [9.17, 15) is 9.59 Å². The van der Waals surface area contributed by atoms with Gasteiger partial charge in [-0.2, -0.15) is 0 Å². The Kier molecular flexibility index (Phi) is 5.51. The highest BCUT2D eigenvalue weighted by atomic mass is 32.2. The van der Waals surface area contributed by atoms with Crippen LogP contribution in [0.15, 0.2) is 0 Å². The minimum atomic E-state index is -0.269. The molecule has 1 heterocycles. The summed E-state index contributed by atoms with van der Waals surface area (Å²) < 4.78 is 0. The number of hydrogen-bond donors (Lipinski definition) is 2. The molecule has 108 valence electrons. The van der Waals surface area contributed by atoms with Crippen molar-refractivity contribution in [3.63, 3.8) is 0 Å². The van der Waals surface area contributed by atoms with Crippen molar-refractivity contribution < 1.29 is 9.59 Å². The van der Waals surface area contributed by atoms with Crippen LogP contribution in [0.1, 0.15) is 25.7 Å². The normalized spacial score (nSPS) is 23.8. The van der Waals surface area contributed by atoms with Crippen molar-refractivity contribution in [1.82, 2.24) is 15.5 Å². The Hall–Kier alpha value is -0.750. The highest BCUT2D eigenvalue weighted by Gasteiger charge is 2.37. The van der Waals surface area contributed by atoms with Gasteiger partial charge in [0.15, 0.2) is 0 Å². The standard InChI is InChI=1S/C13H23N3O2S/c1-14-6-7-15-12(17)11-8-19-9-16(11)13(18)10-4-2-3-5-10/h10-11,14H,2-9H2,1H3,(H,15,17). The Bertz CT molecular complexity index is 332. The molecule has 2 rings (SSSR count). The number of carbonyl (C=O) groups is 2. The van der Waals surface area contributed by atoms with Crippen LogP contribution in [0.5, 0.6) is 0 Å². The van der Waals surface area contributed by atoms with E-state index in [0.717, 1.165) is 38.0 Å². The molecule has 1 atom stereocenters. The van der Waals surface area contributed by atoms with E-state index in [4.69, 9.17) is 0 Å². The number of thioether (sulfide) groups is 1. The zero-order chi connectivity index (χ0) is 13.7. The number of nitrogens with one attached hydrogen (secondary N) is 2. The van der Waals surface area contributed by atoms with Crippen LogP contribution in [0.25, 0.3) is 0 Å². The van der Waals surface area contributed by atoms with Gasteiger partial charge in [-0.1, -0.05) is 12.8 Å². The molecule has 1 saturated heterocycles. The molecule has 0 aromatic rings. The molecular weight excluding hydrogens is 262 g/mol.